The van der Waals surface area contributed by atoms with E-state index in [2.05, 4.69) is 4.98 Å². The number of rotatable bonds is 4. The summed E-state index contributed by atoms with van der Waals surface area (Å²) in [6, 6.07) is 13.9. The first-order chi connectivity index (χ1) is 14.0. The van der Waals surface area contributed by atoms with Gasteiger partial charge in [0.05, 0.1) is 18.6 Å². The first-order valence-electron chi connectivity index (χ1n) is 9.57. The maximum atomic E-state index is 14.2. The van der Waals surface area contributed by atoms with Crippen LogP contribution in [0.5, 0.6) is 0 Å². The predicted octanol–water partition coefficient (Wildman–Crippen LogP) is 3.18. The molecule has 29 heavy (non-hydrogen) atoms. The Kier molecular flexibility index (Phi) is 3.97. The lowest BCUT2D eigenvalue weighted by Crippen LogP contribution is -2.39. The Balaban J connectivity index is 1.78. The summed E-state index contributed by atoms with van der Waals surface area (Å²) in [6.07, 6.45) is 3.10. The zero-order chi connectivity index (χ0) is 20.1. The van der Waals surface area contributed by atoms with E-state index in [1.165, 1.54) is 21.5 Å². The van der Waals surface area contributed by atoms with E-state index in [9.17, 15) is 14.0 Å². The second-order valence-corrected chi connectivity index (χ2v) is 7.50. The van der Waals surface area contributed by atoms with Crippen molar-refractivity contribution in [2.24, 2.45) is 0 Å². The van der Waals surface area contributed by atoms with Gasteiger partial charge < -0.3 is 4.57 Å². The van der Waals surface area contributed by atoms with Crippen molar-refractivity contribution in [2.75, 3.05) is 0 Å². The van der Waals surface area contributed by atoms with Crippen LogP contribution in [0.25, 0.3) is 16.9 Å². The van der Waals surface area contributed by atoms with Gasteiger partial charge >= 0.3 is 5.69 Å². The first-order valence-corrected chi connectivity index (χ1v) is 9.57. The van der Waals surface area contributed by atoms with Crippen LogP contribution in [-0.4, -0.2) is 18.7 Å². The quantitative estimate of drug-likeness (QED) is 0.538. The highest BCUT2D eigenvalue weighted by Gasteiger charge is 2.30. The minimum atomic E-state index is -0.384. The molecule has 0 radical (unpaired) electrons. The number of hydrogen-bond acceptors (Lipinski definition) is 3. The van der Waals surface area contributed by atoms with Crippen LogP contribution < -0.4 is 11.2 Å². The third-order valence-corrected chi connectivity index (χ3v) is 5.35. The van der Waals surface area contributed by atoms with E-state index < -0.39 is 0 Å². The van der Waals surface area contributed by atoms with Crippen LogP contribution in [0.3, 0.4) is 0 Å². The summed E-state index contributed by atoms with van der Waals surface area (Å²) in [5.74, 6) is -0.344. The largest absolute Gasteiger partial charge is 0.337 e. The highest BCUT2D eigenvalue weighted by atomic mass is 19.1. The van der Waals surface area contributed by atoms with Crippen LogP contribution in [0, 0.1) is 12.7 Å². The van der Waals surface area contributed by atoms with Crippen molar-refractivity contribution < 1.29 is 4.39 Å². The van der Waals surface area contributed by atoms with Gasteiger partial charge in [-0.3, -0.25) is 9.36 Å². The van der Waals surface area contributed by atoms with Crippen molar-refractivity contribution in [3.63, 3.8) is 0 Å². The Labute approximate surface area is 165 Å². The van der Waals surface area contributed by atoms with Crippen molar-refractivity contribution >= 4 is 11.2 Å². The minimum absolute atomic E-state index is 0.0899. The Morgan fingerprint density at radius 1 is 1.07 bits per heavy atom. The van der Waals surface area contributed by atoms with E-state index in [1.807, 2.05) is 31.2 Å². The van der Waals surface area contributed by atoms with Gasteiger partial charge in [0.2, 0.25) is 0 Å². The molecule has 4 aromatic rings. The number of aryl methyl sites for hydroxylation is 1. The molecule has 146 valence electrons. The molecule has 0 unspecified atom stereocenters. The summed E-state index contributed by atoms with van der Waals surface area (Å²) in [5.41, 5.74) is 2.01. The fourth-order valence-corrected chi connectivity index (χ4v) is 3.66. The third kappa shape index (κ3) is 2.90. The van der Waals surface area contributed by atoms with Gasteiger partial charge in [0.25, 0.3) is 5.56 Å². The molecular formula is C22H19FN4O2. The van der Waals surface area contributed by atoms with E-state index >= 15 is 0 Å². The van der Waals surface area contributed by atoms with E-state index in [4.69, 9.17) is 0 Å². The molecule has 2 heterocycles. The fourth-order valence-electron chi connectivity index (χ4n) is 3.66. The lowest BCUT2D eigenvalue weighted by atomic mass is 10.2. The van der Waals surface area contributed by atoms with Crippen LogP contribution >= 0.6 is 0 Å². The van der Waals surface area contributed by atoms with Gasteiger partial charge in [-0.25, -0.2) is 18.7 Å². The Bertz CT molecular complexity index is 1340. The van der Waals surface area contributed by atoms with E-state index in [1.54, 1.807) is 22.8 Å². The average molecular weight is 390 g/mol. The molecule has 5 rings (SSSR count). The summed E-state index contributed by atoms with van der Waals surface area (Å²) >= 11 is 0. The zero-order valence-electron chi connectivity index (χ0n) is 15.9. The maximum absolute atomic E-state index is 14.2. The maximum Gasteiger partial charge on any atom is 0.337 e. The molecule has 0 atom stereocenters. The lowest BCUT2D eigenvalue weighted by Gasteiger charge is -2.12. The van der Waals surface area contributed by atoms with Gasteiger partial charge in [0, 0.05) is 11.6 Å². The van der Waals surface area contributed by atoms with Gasteiger partial charge in [-0.05, 0) is 38.0 Å². The van der Waals surface area contributed by atoms with Crippen molar-refractivity contribution in [2.45, 2.75) is 32.4 Å². The van der Waals surface area contributed by atoms with Crippen LogP contribution in [0.1, 0.15) is 30.0 Å². The summed E-state index contributed by atoms with van der Waals surface area (Å²) in [4.78, 5) is 30.8. The number of fused-ring (bicyclic) bond motifs is 1. The van der Waals surface area contributed by atoms with Crippen molar-refractivity contribution in [1.29, 1.82) is 0 Å². The topological polar surface area (TPSA) is 61.8 Å². The minimum Gasteiger partial charge on any atom is -0.320 e. The fraction of sp³-hybridized carbons (Fsp3) is 0.227. The van der Waals surface area contributed by atoms with Gasteiger partial charge in [-0.1, -0.05) is 35.9 Å². The molecule has 0 N–H and O–H groups in total. The smallest absolute Gasteiger partial charge is 0.320 e. The van der Waals surface area contributed by atoms with E-state index in [0.29, 0.717) is 16.8 Å². The van der Waals surface area contributed by atoms with Gasteiger partial charge in [-0.15, -0.1) is 0 Å². The number of aromatic nitrogens is 4. The molecule has 1 aliphatic rings. The predicted molar refractivity (Wildman–Crippen MR) is 108 cm³/mol. The Hall–Kier alpha value is -3.48. The highest BCUT2D eigenvalue weighted by molar-refractivity contribution is 5.72. The molecule has 0 amide bonds. The van der Waals surface area contributed by atoms with Crippen molar-refractivity contribution in [1.82, 2.24) is 18.7 Å². The van der Waals surface area contributed by atoms with E-state index in [0.717, 1.165) is 18.4 Å². The number of imidazole rings is 1. The Morgan fingerprint density at radius 2 is 1.79 bits per heavy atom. The van der Waals surface area contributed by atoms with Crippen LogP contribution in [0.15, 0.2) is 64.4 Å². The summed E-state index contributed by atoms with van der Waals surface area (Å²) < 4.78 is 18.6. The molecule has 1 fully saturated rings. The molecule has 0 aliphatic heterocycles. The summed E-state index contributed by atoms with van der Waals surface area (Å²) in [7, 11) is 0. The highest BCUT2D eigenvalue weighted by Crippen LogP contribution is 2.32. The molecule has 2 aromatic carbocycles. The molecule has 0 saturated heterocycles. The molecule has 7 heteroatoms. The number of benzene rings is 2. The first kappa shape index (κ1) is 17.6. The average Bonchev–Trinajstić information content (AvgIpc) is 3.45. The van der Waals surface area contributed by atoms with Crippen LogP contribution in [0.4, 0.5) is 4.39 Å². The molecule has 2 aromatic heterocycles. The SMILES string of the molecule is Cc1ccc(-n2c(=O)n(C3CC3)c(=O)c3c2ncn3Cc2ccccc2F)cc1. The zero-order valence-corrected chi connectivity index (χ0v) is 15.9. The molecule has 1 aliphatic carbocycles. The number of hydrogen-bond donors (Lipinski definition) is 0. The summed E-state index contributed by atoms with van der Waals surface area (Å²) in [6.45, 7) is 2.13. The Morgan fingerprint density at radius 3 is 2.48 bits per heavy atom. The standard InChI is InChI=1S/C22H19FN4O2/c1-14-6-8-16(9-7-14)26-20-19(21(28)27(22(26)29)17-10-11-17)25(13-24-20)12-15-4-2-3-5-18(15)23/h2-9,13,17H,10-12H2,1H3. The van der Waals surface area contributed by atoms with Crippen molar-refractivity contribution in [3.05, 3.63) is 92.6 Å². The molecule has 0 spiro atoms. The van der Waals surface area contributed by atoms with Crippen LogP contribution in [0.2, 0.25) is 0 Å². The number of nitrogens with zero attached hydrogens (tertiary/aromatic N) is 4. The van der Waals surface area contributed by atoms with Gasteiger partial charge in [0.15, 0.2) is 11.2 Å². The van der Waals surface area contributed by atoms with Crippen LogP contribution in [-0.2, 0) is 6.54 Å². The lowest BCUT2D eigenvalue weighted by molar-refractivity contribution is 0.599. The third-order valence-electron chi connectivity index (χ3n) is 5.35. The number of halogens is 1. The normalized spacial score (nSPS) is 13.9. The molecule has 1 saturated carbocycles. The monoisotopic (exact) mass is 390 g/mol. The molecule has 0 bridgehead atoms. The second kappa shape index (κ2) is 6.55. The van der Waals surface area contributed by atoms with Gasteiger partial charge in [-0.2, -0.15) is 0 Å². The van der Waals surface area contributed by atoms with Crippen molar-refractivity contribution in [3.8, 4) is 5.69 Å². The van der Waals surface area contributed by atoms with Gasteiger partial charge in [0.1, 0.15) is 5.82 Å². The summed E-state index contributed by atoms with van der Waals surface area (Å²) in [5, 5.41) is 0. The second-order valence-electron chi connectivity index (χ2n) is 7.50. The molecular weight excluding hydrogens is 371 g/mol. The molecule has 6 nitrogen and oxygen atoms in total. The van der Waals surface area contributed by atoms with E-state index in [-0.39, 0.29) is 35.3 Å².